The molecule has 0 radical (unpaired) electrons. The third-order valence-corrected chi connectivity index (χ3v) is 2.69. The van der Waals surface area contributed by atoms with E-state index >= 15 is 0 Å². The third kappa shape index (κ3) is 5.68. The van der Waals surface area contributed by atoms with Gasteiger partial charge in [0.15, 0.2) is 0 Å². The van der Waals surface area contributed by atoms with E-state index in [2.05, 4.69) is 5.32 Å². The molecule has 18 heavy (non-hydrogen) atoms. The molecule has 0 aliphatic carbocycles. The lowest BCUT2D eigenvalue weighted by Crippen LogP contribution is -2.34. The Bertz CT molecular complexity index is 434. The van der Waals surface area contributed by atoms with E-state index in [4.69, 9.17) is 16.7 Å². The minimum absolute atomic E-state index is 0.0542. The van der Waals surface area contributed by atoms with E-state index in [9.17, 15) is 9.59 Å². The molecule has 0 fully saturated rings. The van der Waals surface area contributed by atoms with Crippen LogP contribution in [0.5, 0.6) is 0 Å². The highest BCUT2D eigenvalue weighted by atomic mass is 35.5. The van der Waals surface area contributed by atoms with Crippen LogP contribution >= 0.6 is 11.6 Å². The average Bonchev–Trinajstić information content (AvgIpc) is 2.26. The summed E-state index contributed by atoms with van der Waals surface area (Å²) in [5.41, 5.74) is 0.838. The number of amides is 1. The van der Waals surface area contributed by atoms with Crippen LogP contribution in [0.1, 0.15) is 25.3 Å². The SMILES string of the molecule is CC(CCC(=O)O)NC(=O)Cc1cccc(Cl)c1. The highest BCUT2D eigenvalue weighted by Gasteiger charge is 2.09. The first-order valence-electron chi connectivity index (χ1n) is 5.73. The summed E-state index contributed by atoms with van der Waals surface area (Å²) in [5.74, 6) is -0.985. The minimum Gasteiger partial charge on any atom is -0.481 e. The van der Waals surface area contributed by atoms with Gasteiger partial charge < -0.3 is 10.4 Å². The van der Waals surface area contributed by atoms with Crippen LogP contribution in [0.3, 0.4) is 0 Å². The lowest BCUT2D eigenvalue weighted by atomic mass is 10.1. The molecule has 1 atom stereocenters. The number of carboxylic acid groups (broad SMARTS) is 1. The summed E-state index contributed by atoms with van der Waals surface area (Å²) in [4.78, 5) is 22.1. The Morgan fingerprint density at radius 2 is 2.17 bits per heavy atom. The van der Waals surface area contributed by atoms with Crippen LogP contribution in [0.2, 0.25) is 5.02 Å². The average molecular weight is 270 g/mol. The molecule has 1 aromatic carbocycles. The van der Waals surface area contributed by atoms with Crippen LogP contribution in [0.15, 0.2) is 24.3 Å². The van der Waals surface area contributed by atoms with Gasteiger partial charge in [0.05, 0.1) is 6.42 Å². The molecule has 0 heterocycles. The molecule has 2 N–H and O–H groups in total. The summed E-state index contributed by atoms with van der Waals surface area (Å²) >= 11 is 5.82. The molecule has 0 saturated heterocycles. The number of halogens is 1. The summed E-state index contributed by atoms with van der Waals surface area (Å²) in [5, 5.41) is 11.9. The van der Waals surface area contributed by atoms with E-state index in [1.54, 1.807) is 25.1 Å². The van der Waals surface area contributed by atoms with Gasteiger partial charge >= 0.3 is 5.97 Å². The molecule has 0 aliphatic heterocycles. The maximum atomic E-state index is 11.7. The van der Waals surface area contributed by atoms with Crippen LogP contribution in [-0.2, 0) is 16.0 Å². The van der Waals surface area contributed by atoms with Gasteiger partial charge in [-0.05, 0) is 31.0 Å². The van der Waals surface area contributed by atoms with Crippen molar-refractivity contribution in [2.45, 2.75) is 32.2 Å². The predicted octanol–water partition coefficient (Wildman–Crippen LogP) is 2.25. The molecule has 0 bridgehead atoms. The molecule has 0 aromatic heterocycles. The third-order valence-electron chi connectivity index (χ3n) is 2.45. The van der Waals surface area contributed by atoms with Gasteiger partial charge in [0.1, 0.15) is 0 Å². The summed E-state index contributed by atoms with van der Waals surface area (Å²) in [6.07, 6.45) is 0.729. The fraction of sp³-hybridized carbons (Fsp3) is 0.385. The Labute approximate surface area is 111 Å². The molecular formula is C13H16ClNO3. The summed E-state index contributed by atoms with van der Waals surface area (Å²) in [6, 6.07) is 6.96. The van der Waals surface area contributed by atoms with Gasteiger partial charge in [-0.15, -0.1) is 0 Å². The number of benzene rings is 1. The fourth-order valence-corrected chi connectivity index (χ4v) is 1.78. The summed E-state index contributed by atoms with van der Waals surface area (Å²) in [7, 11) is 0. The second-order valence-electron chi connectivity index (χ2n) is 4.21. The van der Waals surface area contributed by atoms with E-state index < -0.39 is 5.97 Å². The maximum absolute atomic E-state index is 11.7. The molecule has 0 spiro atoms. The number of carbonyl (C=O) groups excluding carboxylic acids is 1. The van der Waals surface area contributed by atoms with E-state index in [0.29, 0.717) is 11.4 Å². The second kappa shape index (κ2) is 7.01. The van der Waals surface area contributed by atoms with Gasteiger partial charge in [-0.3, -0.25) is 9.59 Å². The zero-order valence-corrected chi connectivity index (χ0v) is 10.9. The minimum atomic E-state index is -0.856. The number of nitrogens with one attached hydrogen (secondary N) is 1. The van der Waals surface area contributed by atoms with Crippen LogP contribution < -0.4 is 5.32 Å². The Morgan fingerprint density at radius 3 is 2.78 bits per heavy atom. The number of hydrogen-bond donors (Lipinski definition) is 2. The van der Waals surface area contributed by atoms with Crippen molar-refractivity contribution in [2.24, 2.45) is 0 Å². The summed E-state index contributed by atoms with van der Waals surface area (Å²) < 4.78 is 0. The first-order valence-corrected chi connectivity index (χ1v) is 6.11. The first kappa shape index (κ1) is 14.5. The molecule has 0 aliphatic rings. The second-order valence-corrected chi connectivity index (χ2v) is 4.64. The smallest absolute Gasteiger partial charge is 0.303 e. The normalized spacial score (nSPS) is 11.9. The van der Waals surface area contributed by atoms with Crippen molar-refractivity contribution < 1.29 is 14.7 Å². The molecule has 1 unspecified atom stereocenters. The Hall–Kier alpha value is -1.55. The molecular weight excluding hydrogens is 254 g/mol. The molecule has 1 aromatic rings. The topological polar surface area (TPSA) is 66.4 Å². The fourth-order valence-electron chi connectivity index (χ4n) is 1.57. The van der Waals surface area contributed by atoms with Gasteiger partial charge in [-0.2, -0.15) is 0 Å². The number of carbonyl (C=O) groups is 2. The molecule has 1 amide bonds. The van der Waals surface area contributed by atoms with E-state index in [1.165, 1.54) is 0 Å². The van der Waals surface area contributed by atoms with Crippen LogP contribution in [0.4, 0.5) is 0 Å². The van der Waals surface area contributed by atoms with Crippen molar-refractivity contribution in [2.75, 3.05) is 0 Å². The van der Waals surface area contributed by atoms with E-state index in [-0.39, 0.29) is 24.8 Å². The van der Waals surface area contributed by atoms with E-state index in [0.717, 1.165) is 5.56 Å². The van der Waals surface area contributed by atoms with Crippen molar-refractivity contribution in [3.8, 4) is 0 Å². The highest BCUT2D eigenvalue weighted by Crippen LogP contribution is 2.11. The van der Waals surface area contributed by atoms with Crippen LogP contribution in [0.25, 0.3) is 0 Å². The largest absolute Gasteiger partial charge is 0.481 e. The molecule has 0 saturated carbocycles. The van der Waals surface area contributed by atoms with Gasteiger partial charge in [0.25, 0.3) is 0 Å². The number of aliphatic carboxylic acids is 1. The monoisotopic (exact) mass is 269 g/mol. The van der Waals surface area contributed by atoms with Crippen LogP contribution in [-0.4, -0.2) is 23.0 Å². The molecule has 5 heteroatoms. The molecule has 98 valence electrons. The van der Waals surface area contributed by atoms with Gasteiger partial charge in [-0.1, -0.05) is 23.7 Å². The zero-order valence-electron chi connectivity index (χ0n) is 10.1. The highest BCUT2D eigenvalue weighted by molar-refractivity contribution is 6.30. The maximum Gasteiger partial charge on any atom is 0.303 e. The van der Waals surface area contributed by atoms with Gasteiger partial charge in [0.2, 0.25) is 5.91 Å². The van der Waals surface area contributed by atoms with Crippen molar-refractivity contribution in [1.29, 1.82) is 0 Å². The zero-order chi connectivity index (χ0) is 13.5. The van der Waals surface area contributed by atoms with Gasteiger partial charge in [0, 0.05) is 17.5 Å². The molecule has 4 nitrogen and oxygen atoms in total. The predicted molar refractivity (Wildman–Crippen MR) is 69.6 cm³/mol. The lowest BCUT2D eigenvalue weighted by molar-refractivity contribution is -0.137. The standard InChI is InChI=1S/C13H16ClNO3/c1-9(5-6-13(17)18)15-12(16)8-10-3-2-4-11(14)7-10/h2-4,7,9H,5-6,8H2,1H3,(H,15,16)(H,17,18). The van der Waals surface area contributed by atoms with Gasteiger partial charge in [-0.25, -0.2) is 0 Å². The van der Waals surface area contributed by atoms with Crippen molar-refractivity contribution in [1.82, 2.24) is 5.32 Å². The lowest BCUT2D eigenvalue weighted by Gasteiger charge is -2.12. The Balaban J connectivity index is 2.39. The van der Waals surface area contributed by atoms with Crippen molar-refractivity contribution in [3.63, 3.8) is 0 Å². The van der Waals surface area contributed by atoms with Crippen molar-refractivity contribution in [3.05, 3.63) is 34.9 Å². The Kier molecular flexibility index (Phi) is 5.65. The summed E-state index contributed by atoms with van der Waals surface area (Å²) in [6.45, 7) is 1.79. The Morgan fingerprint density at radius 1 is 1.44 bits per heavy atom. The number of hydrogen-bond acceptors (Lipinski definition) is 2. The van der Waals surface area contributed by atoms with Crippen molar-refractivity contribution >= 4 is 23.5 Å². The quantitative estimate of drug-likeness (QED) is 0.832. The number of rotatable bonds is 6. The van der Waals surface area contributed by atoms with Crippen LogP contribution in [0, 0.1) is 0 Å². The molecule has 1 rings (SSSR count). The number of carboxylic acids is 1. The first-order chi connectivity index (χ1) is 8.47. The van der Waals surface area contributed by atoms with E-state index in [1.807, 2.05) is 6.07 Å².